The molecule has 1 spiro atoms. The number of nitrogens with one attached hydrogen (secondary N) is 1. The first-order chi connectivity index (χ1) is 8.13. The Balaban J connectivity index is 1.90. The minimum Gasteiger partial charge on any atom is -0.380 e. The second-order valence-corrected chi connectivity index (χ2v) is 6.55. The van der Waals surface area contributed by atoms with Crippen LogP contribution >= 0.6 is 11.8 Å². The van der Waals surface area contributed by atoms with Gasteiger partial charge >= 0.3 is 0 Å². The predicted molar refractivity (Wildman–Crippen MR) is 74.7 cm³/mol. The van der Waals surface area contributed by atoms with Crippen molar-refractivity contribution in [2.75, 3.05) is 19.4 Å². The van der Waals surface area contributed by atoms with Crippen LogP contribution in [-0.4, -0.2) is 36.2 Å². The van der Waals surface area contributed by atoms with Crippen LogP contribution in [0.2, 0.25) is 0 Å². The topological polar surface area (TPSA) is 33.6 Å². The lowest BCUT2D eigenvalue weighted by molar-refractivity contribution is 0.125. The number of methoxy groups -OCH3 is 1. The number of hydrogen-bond donors (Lipinski definition) is 1. The molecule has 3 nitrogen and oxygen atoms in total. The molecule has 0 aromatic rings. The average Bonchev–Trinajstić information content (AvgIpc) is 2.69. The van der Waals surface area contributed by atoms with E-state index in [4.69, 9.17) is 4.74 Å². The van der Waals surface area contributed by atoms with Crippen LogP contribution in [0, 0.1) is 5.92 Å². The Labute approximate surface area is 109 Å². The van der Waals surface area contributed by atoms with Crippen molar-refractivity contribution in [1.29, 1.82) is 0 Å². The fraction of sp³-hybridized carbons (Fsp3) is 0.923. The molecule has 17 heavy (non-hydrogen) atoms. The highest BCUT2D eigenvalue weighted by Gasteiger charge is 2.40. The first-order valence-corrected chi connectivity index (χ1v) is 7.60. The highest BCUT2D eigenvalue weighted by molar-refractivity contribution is 8.14. The lowest BCUT2D eigenvalue weighted by Crippen LogP contribution is -2.47. The summed E-state index contributed by atoms with van der Waals surface area (Å²) in [5.41, 5.74) is 0.345. The summed E-state index contributed by atoms with van der Waals surface area (Å²) in [6, 6.07) is 0. The first-order valence-electron chi connectivity index (χ1n) is 6.62. The highest BCUT2D eigenvalue weighted by atomic mass is 32.2. The van der Waals surface area contributed by atoms with E-state index >= 15 is 0 Å². The third-order valence-electron chi connectivity index (χ3n) is 3.84. The third-order valence-corrected chi connectivity index (χ3v) is 5.04. The Morgan fingerprint density at radius 1 is 1.65 bits per heavy atom. The summed E-state index contributed by atoms with van der Waals surface area (Å²) >= 11 is 1.89. The molecule has 1 saturated heterocycles. The van der Waals surface area contributed by atoms with Crippen LogP contribution in [0.4, 0.5) is 0 Å². The molecule has 0 bridgehead atoms. The van der Waals surface area contributed by atoms with Crippen LogP contribution in [0.3, 0.4) is 0 Å². The molecule has 0 aromatic heterocycles. The van der Waals surface area contributed by atoms with Crippen LogP contribution in [-0.2, 0) is 4.74 Å². The largest absolute Gasteiger partial charge is 0.380 e. The molecule has 2 aliphatic rings. The Bertz CT molecular complexity index is 295. The fourth-order valence-electron chi connectivity index (χ4n) is 2.78. The Hall–Kier alpha value is -0.220. The van der Waals surface area contributed by atoms with Crippen molar-refractivity contribution in [2.24, 2.45) is 10.9 Å². The Morgan fingerprint density at radius 2 is 2.47 bits per heavy atom. The van der Waals surface area contributed by atoms with Gasteiger partial charge in [-0.05, 0) is 25.7 Å². The smallest absolute Gasteiger partial charge is 0.157 e. The zero-order valence-electron chi connectivity index (χ0n) is 11.2. The summed E-state index contributed by atoms with van der Waals surface area (Å²) in [6.45, 7) is 5.19. The standard InChI is InChI=1S/C13H24N2OS/c1-10-5-4-6-13(7-10)9-17-12(15-13)14-8-11(2)16-3/h10-11H,4-9H2,1-3H3,(H,14,15). The minimum absolute atomic E-state index is 0.215. The van der Waals surface area contributed by atoms with E-state index in [-0.39, 0.29) is 6.10 Å². The molecule has 0 amide bonds. The summed E-state index contributed by atoms with van der Waals surface area (Å²) in [6.07, 6.45) is 5.58. The number of aliphatic imine (C=N–C) groups is 1. The molecule has 2 rings (SSSR count). The van der Waals surface area contributed by atoms with Crippen molar-refractivity contribution >= 4 is 16.9 Å². The van der Waals surface area contributed by atoms with Gasteiger partial charge in [-0.15, -0.1) is 0 Å². The molecule has 4 heteroatoms. The lowest BCUT2D eigenvalue weighted by atomic mass is 9.78. The number of hydrogen-bond acceptors (Lipinski definition) is 3. The van der Waals surface area contributed by atoms with E-state index in [9.17, 15) is 0 Å². The first kappa shape index (κ1) is 13.2. The molecule has 3 unspecified atom stereocenters. The fourth-order valence-corrected chi connectivity index (χ4v) is 3.98. The number of nitrogens with zero attached hydrogens (tertiary/aromatic N) is 1. The van der Waals surface area contributed by atoms with E-state index in [1.807, 2.05) is 11.8 Å². The zero-order valence-corrected chi connectivity index (χ0v) is 12.0. The monoisotopic (exact) mass is 256 g/mol. The van der Waals surface area contributed by atoms with Gasteiger partial charge in [0.25, 0.3) is 0 Å². The molecule has 0 radical (unpaired) electrons. The third kappa shape index (κ3) is 3.38. The second-order valence-electron chi connectivity index (χ2n) is 5.59. The molecule has 1 N–H and O–H groups in total. The van der Waals surface area contributed by atoms with Crippen LogP contribution in [0.5, 0.6) is 0 Å². The molecule has 98 valence electrons. The molecular formula is C13H24N2OS. The summed E-state index contributed by atoms with van der Waals surface area (Å²) in [7, 11) is 1.74. The van der Waals surface area contributed by atoms with Crippen molar-refractivity contribution in [2.45, 2.75) is 51.2 Å². The summed E-state index contributed by atoms with van der Waals surface area (Å²) in [4.78, 5) is 4.61. The maximum atomic E-state index is 5.22. The van der Waals surface area contributed by atoms with E-state index < -0.39 is 0 Å². The highest BCUT2D eigenvalue weighted by Crippen LogP contribution is 2.38. The van der Waals surface area contributed by atoms with E-state index in [2.05, 4.69) is 24.2 Å². The SMILES string of the molecule is COC(C)CN=C1NC2(CCCC(C)C2)CS1. The van der Waals surface area contributed by atoms with Crippen LogP contribution in [0.25, 0.3) is 0 Å². The number of thioether (sulfide) groups is 1. The summed E-state index contributed by atoms with van der Waals surface area (Å²) in [5.74, 6) is 2.05. The van der Waals surface area contributed by atoms with Gasteiger partial charge in [0.05, 0.1) is 12.6 Å². The van der Waals surface area contributed by atoms with E-state index in [1.54, 1.807) is 7.11 Å². The van der Waals surface area contributed by atoms with E-state index in [0.717, 1.165) is 17.6 Å². The van der Waals surface area contributed by atoms with Crippen molar-refractivity contribution in [3.63, 3.8) is 0 Å². The van der Waals surface area contributed by atoms with Gasteiger partial charge in [0.15, 0.2) is 5.17 Å². The molecule has 0 aromatic carbocycles. The molecular weight excluding hydrogens is 232 g/mol. The number of ether oxygens (including phenoxy) is 1. The molecule has 3 atom stereocenters. The van der Waals surface area contributed by atoms with Crippen LogP contribution in [0.15, 0.2) is 4.99 Å². The van der Waals surface area contributed by atoms with Gasteiger partial charge in [0, 0.05) is 18.4 Å². The van der Waals surface area contributed by atoms with Gasteiger partial charge in [-0.25, -0.2) is 0 Å². The van der Waals surface area contributed by atoms with Gasteiger partial charge < -0.3 is 10.1 Å². The lowest BCUT2D eigenvalue weighted by Gasteiger charge is -2.36. The van der Waals surface area contributed by atoms with Gasteiger partial charge in [-0.2, -0.15) is 0 Å². The quantitative estimate of drug-likeness (QED) is 0.843. The maximum absolute atomic E-state index is 5.22. The van der Waals surface area contributed by atoms with Gasteiger partial charge in [-0.1, -0.05) is 31.5 Å². The van der Waals surface area contributed by atoms with Gasteiger partial charge in [-0.3, -0.25) is 4.99 Å². The van der Waals surface area contributed by atoms with Crippen molar-refractivity contribution in [3.8, 4) is 0 Å². The zero-order chi connectivity index (χ0) is 12.3. The number of amidine groups is 1. The predicted octanol–water partition coefficient (Wildman–Crippen LogP) is 2.66. The van der Waals surface area contributed by atoms with Gasteiger partial charge in [0.2, 0.25) is 0 Å². The Morgan fingerprint density at radius 3 is 3.18 bits per heavy atom. The molecule has 1 aliphatic heterocycles. The molecule has 1 saturated carbocycles. The summed E-state index contributed by atoms with van der Waals surface area (Å²) < 4.78 is 5.22. The van der Waals surface area contributed by atoms with Crippen molar-refractivity contribution < 1.29 is 4.74 Å². The van der Waals surface area contributed by atoms with E-state index in [0.29, 0.717) is 5.54 Å². The normalized spacial score (nSPS) is 37.4. The van der Waals surface area contributed by atoms with Crippen LogP contribution in [0.1, 0.15) is 39.5 Å². The van der Waals surface area contributed by atoms with E-state index in [1.165, 1.54) is 31.4 Å². The van der Waals surface area contributed by atoms with Crippen molar-refractivity contribution in [3.05, 3.63) is 0 Å². The maximum Gasteiger partial charge on any atom is 0.157 e. The molecule has 1 aliphatic carbocycles. The summed E-state index contributed by atoms with van der Waals surface area (Å²) in [5, 5.41) is 4.80. The number of rotatable bonds is 3. The Kier molecular flexibility index (Phi) is 4.36. The second kappa shape index (κ2) is 5.61. The van der Waals surface area contributed by atoms with Crippen LogP contribution < -0.4 is 5.32 Å². The average molecular weight is 256 g/mol. The molecule has 2 fully saturated rings. The molecule has 1 heterocycles. The van der Waals surface area contributed by atoms with Crippen molar-refractivity contribution in [1.82, 2.24) is 5.32 Å². The minimum atomic E-state index is 0.215. The van der Waals surface area contributed by atoms with Gasteiger partial charge in [0.1, 0.15) is 0 Å².